The molecule has 0 radical (unpaired) electrons. The highest BCUT2D eigenvalue weighted by molar-refractivity contribution is 6.28. The van der Waals surface area contributed by atoms with Gasteiger partial charge in [0.15, 0.2) is 0 Å². The van der Waals surface area contributed by atoms with E-state index in [0.717, 1.165) is 22.3 Å². The summed E-state index contributed by atoms with van der Waals surface area (Å²) < 4.78 is 28.6. The molecule has 0 saturated heterocycles. The number of hydrogen-bond donors (Lipinski definition) is 6. The minimum Gasteiger partial charge on any atom is -0.399 e. The average Bonchev–Trinajstić information content (AvgIpc) is 3.93. The summed E-state index contributed by atoms with van der Waals surface area (Å²) in [6.07, 6.45) is 6.46. The van der Waals surface area contributed by atoms with E-state index in [0.29, 0.717) is 40.6 Å². The molecule has 4 aromatic carbocycles. The number of halogens is 3. The maximum atomic E-state index is 13.2. The van der Waals surface area contributed by atoms with Crippen LogP contribution in [0.15, 0.2) is 134 Å². The molecule has 0 spiro atoms. The molecular formula is C48H47ClF2N12O4. The smallest absolute Gasteiger partial charge is 0.272 e. The van der Waals surface area contributed by atoms with E-state index in [1.807, 2.05) is 74.5 Å². The van der Waals surface area contributed by atoms with Gasteiger partial charge in [0.05, 0.1) is 25.3 Å². The van der Waals surface area contributed by atoms with Gasteiger partial charge in [-0.15, -0.1) is 0 Å². The van der Waals surface area contributed by atoms with Gasteiger partial charge in [-0.25, -0.2) is 28.7 Å². The lowest BCUT2D eigenvalue weighted by Gasteiger charge is -2.15. The number of aliphatic hydroxyl groups is 2. The number of nitrogens with one attached hydrogen (secondary N) is 3. The van der Waals surface area contributed by atoms with Gasteiger partial charge >= 0.3 is 0 Å². The zero-order valence-corrected chi connectivity index (χ0v) is 37.5. The van der Waals surface area contributed by atoms with E-state index in [1.54, 1.807) is 59.9 Å². The van der Waals surface area contributed by atoms with Crippen LogP contribution in [0.5, 0.6) is 0 Å². The highest BCUT2D eigenvalue weighted by atomic mass is 35.5. The third-order valence-corrected chi connectivity index (χ3v) is 10.1. The van der Waals surface area contributed by atoms with Crippen LogP contribution in [-0.4, -0.2) is 74.3 Å². The van der Waals surface area contributed by atoms with Gasteiger partial charge in [0.25, 0.3) is 11.8 Å². The lowest BCUT2D eigenvalue weighted by atomic mass is 10.1. The Bertz CT molecular complexity index is 2880. The normalized spacial score (nSPS) is 11.5. The molecule has 8 rings (SSSR count). The standard InChI is InChI=1S/C24H23FN6O2.C18H18ClN5O2.C6H6FN/c1-15-12-26-24(28-19-10-8-18(25)9-11-19)30-22(15)31-13-20(27-16(31)2)23(33)29-21(14-32)17-6-4-3-5-7-17;1-11-8-20-18(19)23-16(11)24-9-14(21-12(24)2)17(26)22-15(10-25)13-6-4-3-5-7-13;7-5-1-3-6(8)4-2-5/h3-13,21,32H,14H2,1-2H3,(H,29,33)(H,26,28,30);3-9,15,25H,10H2,1-2H3,(H,22,26);1-4H,8H2. The average molecular weight is 929 g/mol. The van der Waals surface area contributed by atoms with Crippen LogP contribution in [0.2, 0.25) is 5.28 Å². The van der Waals surface area contributed by atoms with Crippen LogP contribution in [-0.2, 0) is 0 Å². The first-order chi connectivity index (χ1) is 32.2. The third kappa shape index (κ3) is 13.1. The van der Waals surface area contributed by atoms with Crippen LogP contribution in [0.4, 0.5) is 26.1 Å². The largest absolute Gasteiger partial charge is 0.399 e. The number of hydrogen-bond acceptors (Lipinski definition) is 12. The summed E-state index contributed by atoms with van der Waals surface area (Å²) in [6, 6.07) is 29.0. The van der Waals surface area contributed by atoms with Crippen molar-refractivity contribution in [1.82, 2.24) is 49.7 Å². The van der Waals surface area contributed by atoms with Crippen LogP contribution in [0.25, 0.3) is 11.6 Å². The molecule has 2 atom stereocenters. The second kappa shape index (κ2) is 22.8. The van der Waals surface area contributed by atoms with E-state index in [-0.39, 0.29) is 47.4 Å². The Morgan fingerprint density at radius 3 is 1.51 bits per heavy atom. The molecule has 0 aliphatic carbocycles. The van der Waals surface area contributed by atoms with Gasteiger partial charge in [0.2, 0.25) is 11.2 Å². The number of amides is 2. The van der Waals surface area contributed by atoms with Crippen molar-refractivity contribution < 1.29 is 28.6 Å². The van der Waals surface area contributed by atoms with E-state index < -0.39 is 18.0 Å². The van der Waals surface area contributed by atoms with Gasteiger partial charge < -0.3 is 31.9 Å². The number of nitrogens with two attached hydrogens (primary N) is 1. The Kier molecular flexibility index (Phi) is 16.5. The molecule has 19 heteroatoms. The monoisotopic (exact) mass is 928 g/mol. The third-order valence-electron chi connectivity index (χ3n) is 9.90. The van der Waals surface area contributed by atoms with Crippen LogP contribution in [0.3, 0.4) is 0 Å². The molecule has 0 fully saturated rings. The van der Waals surface area contributed by atoms with Crippen molar-refractivity contribution in [2.75, 3.05) is 24.3 Å². The van der Waals surface area contributed by atoms with E-state index >= 15 is 0 Å². The van der Waals surface area contributed by atoms with Gasteiger partial charge in [0.1, 0.15) is 46.3 Å². The first kappa shape index (κ1) is 48.5. The molecule has 2 unspecified atom stereocenters. The van der Waals surface area contributed by atoms with Crippen molar-refractivity contribution in [3.8, 4) is 11.6 Å². The molecular weight excluding hydrogens is 882 g/mol. The van der Waals surface area contributed by atoms with Crippen molar-refractivity contribution in [2.24, 2.45) is 0 Å². The minimum absolute atomic E-state index is 0.120. The predicted octanol–water partition coefficient (Wildman–Crippen LogP) is 7.43. The summed E-state index contributed by atoms with van der Waals surface area (Å²) in [6.45, 7) is 6.80. The summed E-state index contributed by atoms with van der Waals surface area (Å²) in [5.41, 5.74) is 10.1. The van der Waals surface area contributed by atoms with Gasteiger partial charge in [-0.05, 0) is 99.0 Å². The molecule has 8 aromatic rings. The number of carbonyl (C=O) groups excluding carboxylic acids is 2. The highest BCUT2D eigenvalue weighted by Crippen LogP contribution is 2.21. The van der Waals surface area contributed by atoms with E-state index in [9.17, 15) is 28.6 Å². The van der Waals surface area contributed by atoms with Crippen LogP contribution < -0.4 is 21.7 Å². The molecule has 16 nitrogen and oxygen atoms in total. The number of nitrogens with zero attached hydrogens (tertiary/aromatic N) is 8. The molecule has 0 aliphatic heterocycles. The zero-order chi connectivity index (χ0) is 48.0. The fourth-order valence-electron chi connectivity index (χ4n) is 6.42. The van der Waals surface area contributed by atoms with Crippen LogP contribution >= 0.6 is 11.6 Å². The van der Waals surface area contributed by atoms with Gasteiger partial charge in [-0.1, -0.05) is 60.7 Å². The first-order valence-electron chi connectivity index (χ1n) is 20.6. The number of imidazole rings is 2. The summed E-state index contributed by atoms with van der Waals surface area (Å²) in [4.78, 5) is 51.1. The van der Waals surface area contributed by atoms with Crippen molar-refractivity contribution in [2.45, 2.75) is 39.8 Å². The Labute approximate surface area is 389 Å². The molecule has 67 heavy (non-hydrogen) atoms. The molecule has 4 heterocycles. The van der Waals surface area contributed by atoms with E-state index in [4.69, 9.17) is 17.3 Å². The zero-order valence-electron chi connectivity index (χ0n) is 36.8. The summed E-state index contributed by atoms with van der Waals surface area (Å²) >= 11 is 5.88. The van der Waals surface area contributed by atoms with E-state index in [1.165, 1.54) is 36.4 Å². The second-order valence-electron chi connectivity index (χ2n) is 14.9. The number of aryl methyl sites for hydroxylation is 4. The van der Waals surface area contributed by atoms with Gasteiger partial charge in [-0.3, -0.25) is 18.7 Å². The molecule has 0 bridgehead atoms. The Hall–Kier alpha value is -7.93. The van der Waals surface area contributed by atoms with Gasteiger partial charge in [-0.2, -0.15) is 9.97 Å². The van der Waals surface area contributed by atoms with Gasteiger partial charge in [0, 0.05) is 47.3 Å². The maximum absolute atomic E-state index is 13.2. The van der Waals surface area contributed by atoms with Crippen molar-refractivity contribution in [3.63, 3.8) is 0 Å². The summed E-state index contributed by atoms with van der Waals surface area (Å²) in [5.74, 6) is 1.23. The molecule has 7 N–H and O–H groups in total. The predicted molar refractivity (Wildman–Crippen MR) is 250 cm³/mol. The Morgan fingerprint density at radius 2 is 1.06 bits per heavy atom. The highest BCUT2D eigenvalue weighted by Gasteiger charge is 2.21. The van der Waals surface area contributed by atoms with E-state index in [2.05, 4.69) is 45.9 Å². The number of nitrogen functional groups attached to an aromatic ring is 1. The fraction of sp³-hybridized carbons (Fsp3) is 0.167. The quantitative estimate of drug-likeness (QED) is 0.0520. The topological polar surface area (TPSA) is 224 Å². The number of aliphatic hydroxyl groups excluding tert-OH is 2. The lowest BCUT2D eigenvalue weighted by molar-refractivity contribution is 0.0904. The maximum Gasteiger partial charge on any atom is 0.272 e. The lowest BCUT2D eigenvalue weighted by Crippen LogP contribution is -2.31. The Balaban J connectivity index is 0.000000193. The van der Waals surface area contributed by atoms with Crippen LogP contribution in [0.1, 0.15) is 67.0 Å². The molecule has 2 amide bonds. The van der Waals surface area contributed by atoms with Crippen molar-refractivity contribution >= 4 is 40.7 Å². The summed E-state index contributed by atoms with van der Waals surface area (Å²) in [7, 11) is 0. The molecule has 0 saturated carbocycles. The Morgan fingerprint density at radius 1 is 0.627 bits per heavy atom. The molecule has 4 aromatic heterocycles. The number of rotatable bonds is 12. The fourth-order valence-corrected chi connectivity index (χ4v) is 6.54. The van der Waals surface area contributed by atoms with Crippen molar-refractivity contribution in [1.29, 1.82) is 0 Å². The number of carbonyl (C=O) groups is 2. The number of benzene rings is 4. The number of anilines is 3. The van der Waals surface area contributed by atoms with Crippen LogP contribution in [0, 0.1) is 39.3 Å². The second-order valence-corrected chi connectivity index (χ2v) is 15.2. The SMILES string of the molecule is Cc1cnc(Cl)nc1-n1cc(C(=O)NC(CO)c2ccccc2)nc1C.Cc1cnc(Nc2ccc(F)cc2)nc1-n1cc(C(=O)NC(CO)c2ccccc2)nc1C.Nc1ccc(F)cc1. The minimum atomic E-state index is -0.545. The molecule has 0 aliphatic rings. The summed E-state index contributed by atoms with van der Waals surface area (Å²) in [5, 5.41) is 28.1. The number of aromatic nitrogens is 8. The first-order valence-corrected chi connectivity index (χ1v) is 21.0. The van der Waals surface area contributed by atoms with Crippen molar-refractivity contribution in [3.05, 3.63) is 196 Å². The molecule has 344 valence electrons.